The number of hydrogen-bond donors (Lipinski definition) is 0. The van der Waals surface area contributed by atoms with E-state index in [9.17, 15) is 14.4 Å². The summed E-state index contributed by atoms with van der Waals surface area (Å²) in [7, 11) is 0. The van der Waals surface area contributed by atoms with Crippen molar-refractivity contribution in [3.8, 4) is 0 Å². The average molecular weight is 344 g/mol. The van der Waals surface area contributed by atoms with E-state index in [1.807, 2.05) is 0 Å². The van der Waals surface area contributed by atoms with Gasteiger partial charge in [0.15, 0.2) is 0 Å². The number of fused-ring (bicyclic) bond motifs is 2. The summed E-state index contributed by atoms with van der Waals surface area (Å²) in [6.07, 6.45) is 0.681. The fourth-order valence-electron chi connectivity index (χ4n) is 3.29. The van der Waals surface area contributed by atoms with Crippen LogP contribution in [-0.2, 0) is 31.0 Å². The number of nitrogens with zero attached hydrogens (tertiary/aromatic N) is 2. The molecule has 0 fully saturated rings. The van der Waals surface area contributed by atoms with Gasteiger partial charge >= 0.3 is 11.9 Å². The highest BCUT2D eigenvalue weighted by molar-refractivity contribution is 6.06. The summed E-state index contributed by atoms with van der Waals surface area (Å²) in [5.41, 5.74) is -1.52. The second-order valence-electron chi connectivity index (χ2n) is 5.86. The van der Waals surface area contributed by atoms with Crippen LogP contribution in [0.25, 0.3) is 10.9 Å². The maximum absolute atomic E-state index is 12.8. The molecule has 7 nitrogen and oxygen atoms in total. The third-order valence-electron chi connectivity index (χ3n) is 4.42. The molecule has 0 atom stereocenters. The maximum atomic E-state index is 12.8. The van der Waals surface area contributed by atoms with E-state index in [-0.39, 0.29) is 31.0 Å². The lowest BCUT2D eigenvalue weighted by Crippen LogP contribution is -2.52. The average Bonchev–Trinajstić information content (AvgIpc) is 2.62. The third-order valence-corrected chi connectivity index (χ3v) is 4.42. The molecular formula is C18H20N2O5. The van der Waals surface area contributed by atoms with Crippen molar-refractivity contribution < 1.29 is 19.1 Å². The van der Waals surface area contributed by atoms with E-state index in [1.165, 1.54) is 4.57 Å². The van der Waals surface area contributed by atoms with E-state index in [0.29, 0.717) is 23.9 Å². The maximum Gasteiger partial charge on any atom is 0.331 e. The van der Waals surface area contributed by atoms with Crippen molar-refractivity contribution in [2.45, 2.75) is 38.6 Å². The van der Waals surface area contributed by atoms with E-state index in [2.05, 4.69) is 4.98 Å². The molecule has 0 saturated heterocycles. The molecule has 0 bridgehead atoms. The van der Waals surface area contributed by atoms with Gasteiger partial charge in [0, 0.05) is 6.54 Å². The monoisotopic (exact) mass is 344 g/mol. The first-order valence-electron chi connectivity index (χ1n) is 8.40. The highest BCUT2D eigenvalue weighted by Crippen LogP contribution is 2.35. The summed E-state index contributed by atoms with van der Waals surface area (Å²) in [6.45, 7) is 3.98. The summed E-state index contributed by atoms with van der Waals surface area (Å²) in [5.74, 6) is -1.33. The molecule has 2 aromatic rings. The molecule has 1 aromatic carbocycles. The predicted molar refractivity (Wildman–Crippen MR) is 90.2 cm³/mol. The summed E-state index contributed by atoms with van der Waals surface area (Å²) in [5, 5.41) is 0.453. The topological polar surface area (TPSA) is 87.5 Å². The smallest absolute Gasteiger partial charge is 0.331 e. The molecule has 7 heteroatoms. The molecule has 0 N–H and O–H groups in total. The van der Waals surface area contributed by atoms with Gasteiger partial charge in [0.2, 0.25) is 5.41 Å². The number of hydrogen-bond acceptors (Lipinski definition) is 6. The van der Waals surface area contributed by atoms with Crippen LogP contribution in [0, 0.1) is 0 Å². The molecule has 0 amide bonds. The number of carbonyl (C=O) groups excluding carboxylic acids is 2. The van der Waals surface area contributed by atoms with Gasteiger partial charge in [0.1, 0.15) is 5.82 Å². The third kappa shape index (κ3) is 2.59. The zero-order valence-corrected chi connectivity index (χ0v) is 14.3. The number of esters is 2. The summed E-state index contributed by atoms with van der Waals surface area (Å²) >= 11 is 0. The number of para-hydroxylation sites is 1. The van der Waals surface area contributed by atoms with E-state index in [1.54, 1.807) is 38.1 Å². The van der Waals surface area contributed by atoms with E-state index < -0.39 is 17.4 Å². The minimum atomic E-state index is -1.70. The Hall–Kier alpha value is -2.70. The molecule has 1 aliphatic heterocycles. The molecule has 0 radical (unpaired) electrons. The normalized spacial score (nSPS) is 15.4. The molecule has 1 aliphatic rings. The van der Waals surface area contributed by atoms with Gasteiger partial charge in [0.25, 0.3) is 5.56 Å². The quantitative estimate of drug-likeness (QED) is 0.618. The summed E-state index contributed by atoms with van der Waals surface area (Å²) in [4.78, 5) is 42.9. The zero-order chi connectivity index (χ0) is 18.0. The van der Waals surface area contributed by atoms with Gasteiger partial charge in [-0.05, 0) is 38.8 Å². The number of aromatic nitrogens is 2. The minimum absolute atomic E-state index is 0.111. The van der Waals surface area contributed by atoms with Crippen LogP contribution < -0.4 is 5.56 Å². The predicted octanol–water partition coefficient (Wildman–Crippen LogP) is 1.55. The summed E-state index contributed by atoms with van der Waals surface area (Å²) < 4.78 is 11.7. The van der Waals surface area contributed by atoms with Gasteiger partial charge in [-0.15, -0.1) is 0 Å². The number of benzene rings is 1. The Balaban J connectivity index is 2.31. The molecule has 0 saturated carbocycles. The molecule has 2 heterocycles. The van der Waals surface area contributed by atoms with Crippen LogP contribution in [0.3, 0.4) is 0 Å². The highest BCUT2D eigenvalue weighted by atomic mass is 16.6. The minimum Gasteiger partial charge on any atom is -0.465 e. The second kappa shape index (κ2) is 6.66. The van der Waals surface area contributed by atoms with Crippen molar-refractivity contribution in [2.75, 3.05) is 13.2 Å². The van der Waals surface area contributed by atoms with Gasteiger partial charge in [-0.2, -0.15) is 0 Å². The van der Waals surface area contributed by atoms with Crippen LogP contribution in [0.15, 0.2) is 29.1 Å². The van der Waals surface area contributed by atoms with Crippen molar-refractivity contribution in [1.82, 2.24) is 9.55 Å². The second-order valence-corrected chi connectivity index (χ2v) is 5.86. The molecule has 1 aromatic heterocycles. The van der Waals surface area contributed by atoms with Gasteiger partial charge < -0.3 is 9.47 Å². The molecule has 0 spiro atoms. The standard InChI is InChI=1S/C18H20N2O5/c1-3-24-16(22)18(17(23)25-4-2)10-7-11-20-14(21)12-8-5-6-9-13(12)19-15(18)20/h5-6,8-9H,3-4,7,10-11H2,1-2H3. The molecule has 0 aliphatic carbocycles. The number of rotatable bonds is 4. The van der Waals surface area contributed by atoms with E-state index >= 15 is 0 Å². The van der Waals surface area contributed by atoms with Crippen LogP contribution in [0.5, 0.6) is 0 Å². The van der Waals surface area contributed by atoms with Crippen molar-refractivity contribution in [3.05, 3.63) is 40.4 Å². The Bertz CT molecular complexity index is 869. The Kier molecular flexibility index (Phi) is 4.57. The van der Waals surface area contributed by atoms with Crippen LogP contribution >= 0.6 is 0 Å². The molecule has 3 rings (SSSR count). The lowest BCUT2D eigenvalue weighted by molar-refractivity contribution is -0.166. The number of ether oxygens (including phenoxy) is 2. The van der Waals surface area contributed by atoms with Crippen molar-refractivity contribution in [2.24, 2.45) is 0 Å². The molecule has 132 valence electrons. The first-order chi connectivity index (χ1) is 12.1. The van der Waals surface area contributed by atoms with Crippen molar-refractivity contribution in [1.29, 1.82) is 0 Å². The van der Waals surface area contributed by atoms with E-state index in [4.69, 9.17) is 9.47 Å². The number of carbonyl (C=O) groups is 2. The fourth-order valence-corrected chi connectivity index (χ4v) is 3.29. The Morgan fingerprint density at radius 2 is 1.80 bits per heavy atom. The van der Waals surface area contributed by atoms with E-state index in [0.717, 1.165) is 0 Å². The lowest BCUT2D eigenvalue weighted by Gasteiger charge is -2.34. The van der Waals surface area contributed by atoms with Gasteiger partial charge in [-0.3, -0.25) is 19.0 Å². The van der Waals surface area contributed by atoms with Crippen LogP contribution in [0.2, 0.25) is 0 Å². The summed E-state index contributed by atoms with van der Waals surface area (Å²) in [6, 6.07) is 6.88. The van der Waals surface area contributed by atoms with Gasteiger partial charge in [-0.1, -0.05) is 12.1 Å². The van der Waals surface area contributed by atoms with Crippen LogP contribution in [0.4, 0.5) is 0 Å². The van der Waals surface area contributed by atoms with Crippen molar-refractivity contribution in [3.63, 3.8) is 0 Å². The molecular weight excluding hydrogens is 324 g/mol. The first kappa shape index (κ1) is 17.1. The van der Waals surface area contributed by atoms with Gasteiger partial charge in [0.05, 0.1) is 24.1 Å². The zero-order valence-electron chi connectivity index (χ0n) is 14.3. The molecule has 0 unspecified atom stereocenters. The SMILES string of the molecule is CCOC(=O)C1(C(=O)OCC)CCCn2c1nc1ccccc1c2=O. The highest BCUT2D eigenvalue weighted by Gasteiger charge is 2.55. The Morgan fingerprint density at radius 1 is 1.16 bits per heavy atom. The lowest BCUT2D eigenvalue weighted by atomic mass is 9.79. The van der Waals surface area contributed by atoms with Gasteiger partial charge in [-0.25, -0.2) is 4.98 Å². The van der Waals surface area contributed by atoms with Crippen LogP contribution in [0.1, 0.15) is 32.5 Å². The molecule has 25 heavy (non-hydrogen) atoms. The van der Waals surface area contributed by atoms with Crippen molar-refractivity contribution >= 4 is 22.8 Å². The Morgan fingerprint density at radius 3 is 2.44 bits per heavy atom. The Labute approximate surface area is 144 Å². The fraction of sp³-hybridized carbons (Fsp3) is 0.444. The largest absolute Gasteiger partial charge is 0.465 e. The van der Waals surface area contributed by atoms with Crippen LogP contribution in [-0.4, -0.2) is 34.7 Å². The first-order valence-corrected chi connectivity index (χ1v) is 8.40.